The van der Waals surface area contributed by atoms with Crippen LogP contribution >= 0.6 is 0 Å². The summed E-state index contributed by atoms with van der Waals surface area (Å²) in [4.78, 5) is 14.0. The number of anilines is 1. The van der Waals surface area contributed by atoms with E-state index < -0.39 is 5.54 Å². The van der Waals surface area contributed by atoms with Crippen LogP contribution < -0.4 is 11.1 Å². The number of nitrogens with one attached hydrogen (secondary N) is 1. The maximum atomic E-state index is 11.9. The predicted octanol–water partition coefficient (Wildman–Crippen LogP) is 1.49. The zero-order valence-electron chi connectivity index (χ0n) is 11.3. The van der Waals surface area contributed by atoms with Gasteiger partial charge in [0.15, 0.2) is 0 Å². The molecule has 1 aromatic carbocycles. The highest BCUT2D eigenvalue weighted by Crippen LogP contribution is 2.33. The van der Waals surface area contributed by atoms with Crippen LogP contribution in [0.2, 0.25) is 0 Å². The van der Waals surface area contributed by atoms with Gasteiger partial charge in [0.2, 0.25) is 5.91 Å². The van der Waals surface area contributed by atoms with Crippen molar-refractivity contribution >= 4 is 11.6 Å². The third kappa shape index (κ3) is 2.89. The first-order valence-electron chi connectivity index (χ1n) is 6.25. The molecule has 0 saturated heterocycles. The van der Waals surface area contributed by atoms with Gasteiger partial charge in [0.25, 0.3) is 0 Å². The minimum atomic E-state index is -0.621. The number of nitrogens with zero attached hydrogens (tertiary/aromatic N) is 1. The minimum Gasteiger partial charge on any atom is -0.324 e. The number of aryl methyl sites for hydroxylation is 1. The second-order valence-corrected chi connectivity index (χ2v) is 5.50. The number of benzene rings is 1. The van der Waals surface area contributed by atoms with Crippen LogP contribution in [0.4, 0.5) is 5.69 Å². The Morgan fingerprint density at radius 1 is 1.44 bits per heavy atom. The summed E-state index contributed by atoms with van der Waals surface area (Å²) in [7, 11) is 4.05. The summed E-state index contributed by atoms with van der Waals surface area (Å²) in [6, 6.07) is 6.14. The summed E-state index contributed by atoms with van der Waals surface area (Å²) in [5.74, 6) is -0.0624. The molecule has 0 unspecified atom stereocenters. The van der Waals surface area contributed by atoms with Gasteiger partial charge in [-0.2, -0.15) is 0 Å². The molecule has 98 valence electrons. The maximum Gasteiger partial charge on any atom is 0.244 e. The van der Waals surface area contributed by atoms with Gasteiger partial charge in [-0.15, -0.1) is 0 Å². The first-order valence-corrected chi connectivity index (χ1v) is 6.25. The summed E-state index contributed by atoms with van der Waals surface area (Å²) in [6.45, 7) is 2.85. The fourth-order valence-electron chi connectivity index (χ4n) is 1.88. The van der Waals surface area contributed by atoms with Crippen molar-refractivity contribution in [1.82, 2.24) is 4.90 Å². The average Bonchev–Trinajstić information content (AvgIpc) is 3.02. The van der Waals surface area contributed by atoms with Crippen LogP contribution in [0.5, 0.6) is 0 Å². The molecule has 0 spiro atoms. The van der Waals surface area contributed by atoms with Crippen LogP contribution in [0, 0.1) is 6.92 Å². The number of nitrogens with two attached hydrogens (primary N) is 1. The van der Waals surface area contributed by atoms with Crippen LogP contribution in [0.25, 0.3) is 0 Å². The lowest BCUT2D eigenvalue weighted by atomic mass is 10.1. The second-order valence-electron chi connectivity index (χ2n) is 5.50. The van der Waals surface area contributed by atoms with Crippen molar-refractivity contribution in [3.63, 3.8) is 0 Å². The molecule has 1 aliphatic rings. The zero-order chi connectivity index (χ0) is 13.3. The van der Waals surface area contributed by atoms with Crippen LogP contribution in [0.15, 0.2) is 18.2 Å². The van der Waals surface area contributed by atoms with E-state index >= 15 is 0 Å². The number of hydrogen-bond acceptors (Lipinski definition) is 3. The Balaban J connectivity index is 2.13. The molecule has 2 rings (SSSR count). The fraction of sp³-hybridized carbons (Fsp3) is 0.500. The van der Waals surface area contributed by atoms with Gasteiger partial charge in [0, 0.05) is 12.2 Å². The second kappa shape index (κ2) is 4.71. The molecule has 1 aliphatic carbocycles. The molecule has 1 aromatic rings. The maximum absolute atomic E-state index is 11.9. The highest BCUT2D eigenvalue weighted by atomic mass is 16.2. The van der Waals surface area contributed by atoms with E-state index in [1.54, 1.807) is 0 Å². The SMILES string of the molecule is Cc1ccc(CN(C)C)cc1NC(=O)C1(N)CC1. The molecule has 0 heterocycles. The number of hydrogen-bond donors (Lipinski definition) is 2. The van der Waals surface area contributed by atoms with E-state index in [1.807, 2.05) is 33.2 Å². The minimum absolute atomic E-state index is 0.0624. The molecule has 3 N–H and O–H groups in total. The van der Waals surface area contributed by atoms with E-state index in [0.717, 1.165) is 30.6 Å². The van der Waals surface area contributed by atoms with Crippen molar-refractivity contribution in [2.24, 2.45) is 5.73 Å². The van der Waals surface area contributed by atoms with Gasteiger partial charge in [0.05, 0.1) is 5.54 Å². The monoisotopic (exact) mass is 247 g/mol. The van der Waals surface area contributed by atoms with Crippen molar-refractivity contribution in [2.45, 2.75) is 31.8 Å². The number of carbonyl (C=O) groups excluding carboxylic acids is 1. The summed E-state index contributed by atoms with van der Waals surface area (Å²) >= 11 is 0. The zero-order valence-corrected chi connectivity index (χ0v) is 11.3. The molecule has 1 saturated carbocycles. The Morgan fingerprint density at radius 2 is 2.11 bits per heavy atom. The Labute approximate surface area is 108 Å². The standard InChI is InChI=1S/C14H21N3O/c1-10-4-5-11(9-17(2)3)8-12(10)16-13(18)14(15)6-7-14/h4-5,8H,6-7,9,15H2,1-3H3,(H,16,18). The molecule has 0 atom stereocenters. The third-order valence-electron chi connectivity index (χ3n) is 3.29. The van der Waals surface area contributed by atoms with E-state index in [1.165, 1.54) is 5.56 Å². The lowest BCUT2D eigenvalue weighted by molar-refractivity contribution is -0.118. The van der Waals surface area contributed by atoms with Gasteiger partial charge < -0.3 is 16.0 Å². The van der Waals surface area contributed by atoms with Crippen molar-refractivity contribution in [3.05, 3.63) is 29.3 Å². The number of amides is 1. The van der Waals surface area contributed by atoms with Crippen molar-refractivity contribution in [1.29, 1.82) is 0 Å². The van der Waals surface area contributed by atoms with Gasteiger partial charge in [0.1, 0.15) is 0 Å². The van der Waals surface area contributed by atoms with Gasteiger partial charge in [-0.3, -0.25) is 4.79 Å². The van der Waals surface area contributed by atoms with Crippen LogP contribution in [0.1, 0.15) is 24.0 Å². The number of carbonyl (C=O) groups is 1. The predicted molar refractivity (Wildman–Crippen MR) is 73.4 cm³/mol. The lowest BCUT2D eigenvalue weighted by Gasteiger charge is -2.15. The average molecular weight is 247 g/mol. The first-order chi connectivity index (χ1) is 8.40. The molecule has 0 aliphatic heterocycles. The summed E-state index contributed by atoms with van der Waals surface area (Å²) in [5, 5.41) is 2.94. The fourth-order valence-corrected chi connectivity index (χ4v) is 1.88. The molecule has 0 bridgehead atoms. The Bertz CT molecular complexity index is 464. The Hall–Kier alpha value is -1.39. The normalized spacial score (nSPS) is 16.7. The molecule has 0 radical (unpaired) electrons. The van der Waals surface area contributed by atoms with E-state index in [4.69, 9.17) is 5.73 Å². The summed E-state index contributed by atoms with van der Waals surface area (Å²) < 4.78 is 0. The lowest BCUT2D eigenvalue weighted by Crippen LogP contribution is -2.38. The van der Waals surface area contributed by atoms with Gasteiger partial charge in [-0.1, -0.05) is 12.1 Å². The van der Waals surface area contributed by atoms with Crippen LogP contribution in [0.3, 0.4) is 0 Å². The molecule has 4 heteroatoms. The van der Waals surface area contributed by atoms with Gasteiger partial charge in [-0.05, 0) is 51.1 Å². The van der Waals surface area contributed by atoms with Crippen LogP contribution in [-0.4, -0.2) is 30.4 Å². The van der Waals surface area contributed by atoms with E-state index in [-0.39, 0.29) is 5.91 Å². The molecule has 1 amide bonds. The van der Waals surface area contributed by atoms with Crippen molar-refractivity contribution in [3.8, 4) is 0 Å². The topological polar surface area (TPSA) is 58.4 Å². The van der Waals surface area contributed by atoms with Gasteiger partial charge >= 0.3 is 0 Å². The summed E-state index contributed by atoms with van der Waals surface area (Å²) in [5.41, 5.74) is 8.38. The molecule has 0 aromatic heterocycles. The Kier molecular flexibility index (Phi) is 3.41. The van der Waals surface area contributed by atoms with Gasteiger partial charge in [-0.25, -0.2) is 0 Å². The van der Waals surface area contributed by atoms with E-state index in [2.05, 4.69) is 16.3 Å². The van der Waals surface area contributed by atoms with Crippen molar-refractivity contribution in [2.75, 3.05) is 19.4 Å². The smallest absolute Gasteiger partial charge is 0.244 e. The van der Waals surface area contributed by atoms with Crippen LogP contribution in [-0.2, 0) is 11.3 Å². The highest BCUT2D eigenvalue weighted by Gasteiger charge is 2.46. The first kappa shape index (κ1) is 13.1. The third-order valence-corrected chi connectivity index (χ3v) is 3.29. The van der Waals surface area contributed by atoms with Crippen molar-refractivity contribution < 1.29 is 4.79 Å². The molecule has 18 heavy (non-hydrogen) atoms. The highest BCUT2D eigenvalue weighted by molar-refractivity contribution is 6.00. The molecule has 4 nitrogen and oxygen atoms in total. The molecular formula is C14H21N3O. The van der Waals surface area contributed by atoms with E-state index in [0.29, 0.717) is 0 Å². The summed E-state index contributed by atoms with van der Waals surface area (Å²) in [6.07, 6.45) is 1.57. The van der Waals surface area contributed by atoms with E-state index in [9.17, 15) is 4.79 Å². The quantitative estimate of drug-likeness (QED) is 0.847. The largest absolute Gasteiger partial charge is 0.324 e. The Morgan fingerprint density at radius 3 is 2.67 bits per heavy atom. The molecular weight excluding hydrogens is 226 g/mol. The molecule has 1 fully saturated rings. The number of rotatable bonds is 4.